The maximum absolute atomic E-state index is 2.40. The fraction of sp³-hybridized carbons (Fsp3) is 0.167. The summed E-state index contributed by atoms with van der Waals surface area (Å²) in [5.41, 5.74) is 0. The zero-order chi connectivity index (χ0) is 9.31. The molecule has 74 valence electrons. The Hall–Kier alpha value is -0.564. The minimum absolute atomic E-state index is 0. The van der Waals surface area contributed by atoms with E-state index in [4.69, 9.17) is 0 Å². The molecule has 0 unspecified atom stereocenters. The molecule has 0 nitrogen and oxygen atoms in total. The zero-order valence-electron chi connectivity index (χ0n) is 8.47. The summed E-state index contributed by atoms with van der Waals surface area (Å²) in [6, 6.07) is 17.5. The van der Waals surface area contributed by atoms with Crippen molar-refractivity contribution in [3.8, 4) is 0 Å². The molecule has 0 aliphatic heterocycles. The van der Waals surface area contributed by atoms with Crippen molar-refractivity contribution < 1.29 is 17.1 Å². The van der Waals surface area contributed by atoms with Crippen LogP contribution in [0.15, 0.2) is 48.5 Å². The SMILES string of the molecule is C[Si](C)(c1ccc[cH-]1)c1ccc[cH-]1.[Fe+2]. The van der Waals surface area contributed by atoms with Crippen molar-refractivity contribution in [1.82, 2.24) is 0 Å². The standard InChI is InChI=1S/C12H14Si.Fe/c1-13(2,11-7-3-4-8-11)12-9-5-6-10-12;/h3-10H,1-2H3;/q-2;+2. The third-order valence-corrected chi connectivity index (χ3v) is 6.32. The van der Waals surface area contributed by atoms with Crippen LogP contribution in [0.4, 0.5) is 0 Å². The Kier molecular flexibility index (Phi) is 3.54. The second-order valence-corrected chi connectivity index (χ2v) is 8.38. The van der Waals surface area contributed by atoms with E-state index in [0.29, 0.717) is 0 Å². The second kappa shape index (κ2) is 4.31. The Morgan fingerprint density at radius 3 is 1.64 bits per heavy atom. The molecular formula is C12H14FeSi. The second-order valence-electron chi connectivity index (χ2n) is 3.97. The first-order chi connectivity index (χ1) is 6.21. The van der Waals surface area contributed by atoms with Crippen molar-refractivity contribution in [1.29, 1.82) is 0 Å². The van der Waals surface area contributed by atoms with E-state index in [9.17, 15) is 0 Å². The summed E-state index contributed by atoms with van der Waals surface area (Å²) in [5, 5.41) is 3.05. The molecule has 0 aliphatic rings. The molecule has 0 spiro atoms. The fourth-order valence-electron chi connectivity index (χ4n) is 1.75. The largest absolute Gasteiger partial charge is 2.00 e. The van der Waals surface area contributed by atoms with Gasteiger partial charge >= 0.3 is 17.1 Å². The molecule has 0 amide bonds. The van der Waals surface area contributed by atoms with Crippen LogP contribution in [0.2, 0.25) is 13.1 Å². The van der Waals surface area contributed by atoms with E-state index in [0.717, 1.165) is 0 Å². The smallest absolute Gasteiger partial charge is 0.214 e. The van der Waals surface area contributed by atoms with E-state index in [1.807, 2.05) is 0 Å². The molecule has 2 heteroatoms. The molecule has 0 saturated heterocycles. The van der Waals surface area contributed by atoms with Gasteiger partial charge in [0.25, 0.3) is 0 Å². The molecule has 2 rings (SSSR count). The van der Waals surface area contributed by atoms with Crippen LogP contribution in [-0.2, 0) is 17.1 Å². The maximum Gasteiger partial charge on any atom is 2.00 e. The van der Waals surface area contributed by atoms with Crippen LogP contribution in [0.3, 0.4) is 0 Å². The van der Waals surface area contributed by atoms with Gasteiger partial charge in [-0.1, -0.05) is 13.1 Å². The number of hydrogen-bond acceptors (Lipinski definition) is 0. The van der Waals surface area contributed by atoms with Gasteiger partial charge < -0.3 is 0 Å². The van der Waals surface area contributed by atoms with E-state index in [2.05, 4.69) is 61.6 Å². The topological polar surface area (TPSA) is 0 Å². The van der Waals surface area contributed by atoms with E-state index in [1.165, 1.54) is 10.4 Å². The van der Waals surface area contributed by atoms with Gasteiger partial charge in [0.2, 0.25) is 0 Å². The summed E-state index contributed by atoms with van der Waals surface area (Å²) < 4.78 is 0. The van der Waals surface area contributed by atoms with Crippen molar-refractivity contribution in [2.45, 2.75) is 13.1 Å². The average Bonchev–Trinajstić information content (AvgIpc) is 2.78. The molecule has 0 fully saturated rings. The third-order valence-electron chi connectivity index (χ3n) is 2.77. The molecule has 0 atom stereocenters. The molecule has 2 aromatic rings. The molecule has 0 aliphatic carbocycles. The third kappa shape index (κ3) is 1.93. The molecule has 0 saturated carbocycles. The van der Waals surface area contributed by atoms with Gasteiger partial charge in [-0.3, -0.25) is 0 Å². The summed E-state index contributed by atoms with van der Waals surface area (Å²) in [6.45, 7) is 4.80. The molecule has 0 aromatic heterocycles. The summed E-state index contributed by atoms with van der Waals surface area (Å²) in [7, 11) is -1.35. The van der Waals surface area contributed by atoms with E-state index in [1.54, 1.807) is 0 Å². The Labute approximate surface area is 97.2 Å². The van der Waals surface area contributed by atoms with Crippen molar-refractivity contribution in [2.75, 3.05) is 0 Å². The van der Waals surface area contributed by atoms with Crippen LogP contribution in [0.25, 0.3) is 0 Å². The molecule has 0 radical (unpaired) electrons. The van der Waals surface area contributed by atoms with Crippen molar-refractivity contribution in [3.63, 3.8) is 0 Å². The van der Waals surface area contributed by atoms with Gasteiger partial charge in [-0.25, -0.2) is 24.3 Å². The van der Waals surface area contributed by atoms with Crippen molar-refractivity contribution >= 4 is 18.4 Å². The number of hydrogen-bond donors (Lipinski definition) is 0. The molecular weight excluding hydrogens is 228 g/mol. The summed E-state index contributed by atoms with van der Waals surface area (Å²) >= 11 is 0. The minimum atomic E-state index is -1.35. The average molecular weight is 242 g/mol. The van der Waals surface area contributed by atoms with Gasteiger partial charge in [0.15, 0.2) is 0 Å². The van der Waals surface area contributed by atoms with E-state index < -0.39 is 8.07 Å². The van der Waals surface area contributed by atoms with E-state index >= 15 is 0 Å². The van der Waals surface area contributed by atoms with Gasteiger partial charge in [-0.15, -0.1) is 0 Å². The van der Waals surface area contributed by atoms with Gasteiger partial charge in [-0.2, -0.15) is 34.6 Å². The first-order valence-electron chi connectivity index (χ1n) is 4.65. The Morgan fingerprint density at radius 1 is 0.929 bits per heavy atom. The summed E-state index contributed by atoms with van der Waals surface area (Å²) in [4.78, 5) is 0. The van der Waals surface area contributed by atoms with Crippen LogP contribution in [0.5, 0.6) is 0 Å². The summed E-state index contributed by atoms with van der Waals surface area (Å²) in [6.07, 6.45) is 0. The van der Waals surface area contributed by atoms with Gasteiger partial charge in [0.1, 0.15) is 0 Å². The summed E-state index contributed by atoms with van der Waals surface area (Å²) in [5.74, 6) is 0. The predicted molar refractivity (Wildman–Crippen MR) is 60.8 cm³/mol. The van der Waals surface area contributed by atoms with Gasteiger partial charge in [0.05, 0.1) is 8.07 Å². The first-order valence-corrected chi connectivity index (χ1v) is 7.65. The molecule has 14 heavy (non-hydrogen) atoms. The molecule has 0 bridgehead atoms. The zero-order valence-corrected chi connectivity index (χ0v) is 10.6. The first kappa shape index (κ1) is 11.5. The molecule has 0 N–H and O–H groups in total. The Morgan fingerprint density at radius 2 is 1.36 bits per heavy atom. The van der Waals surface area contributed by atoms with Gasteiger partial charge in [0, 0.05) is 0 Å². The van der Waals surface area contributed by atoms with Gasteiger partial charge in [-0.05, 0) is 0 Å². The van der Waals surface area contributed by atoms with Crippen LogP contribution in [-0.4, -0.2) is 8.07 Å². The monoisotopic (exact) mass is 242 g/mol. The van der Waals surface area contributed by atoms with Crippen molar-refractivity contribution in [3.05, 3.63) is 48.5 Å². The molecule has 2 aromatic carbocycles. The Balaban J connectivity index is 0.000000980. The number of rotatable bonds is 2. The van der Waals surface area contributed by atoms with E-state index in [-0.39, 0.29) is 17.1 Å². The normalized spacial score (nSPS) is 11.0. The minimum Gasteiger partial charge on any atom is -0.214 e. The fourth-order valence-corrected chi connectivity index (χ4v) is 4.13. The molecule has 0 heterocycles. The maximum atomic E-state index is 2.40. The van der Waals surface area contributed by atoms with Crippen molar-refractivity contribution in [2.24, 2.45) is 0 Å². The predicted octanol–water partition coefficient (Wildman–Crippen LogP) is 1.94. The Bertz CT molecular complexity index is 321. The van der Waals surface area contributed by atoms with Crippen LogP contribution in [0.1, 0.15) is 0 Å². The van der Waals surface area contributed by atoms with Crippen LogP contribution >= 0.6 is 0 Å². The quantitative estimate of drug-likeness (QED) is 0.557. The van der Waals surface area contributed by atoms with Crippen LogP contribution in [0, 0.1) is 0 Å². The van der Waals surface area contributed by atoms with Crippen LogP contribution < -0.4 is 10.4 Å².